The van der Waals surface area contributed by atoms with Gasteiger partial charge in [0.1, 0.15) is 11.9 Å². The number of rotatable bonds is 5. The predicted octanol–water partition coefficient (Wildman–Crippen LogP) is 2.02. The van der Waals surface area contributed by atoms with Gasteiger partial charge in [-0.05, 0) is 19.8 Å². The first kappa shape index (κ1) is 14.1. The highest BCUT2D eigenvalue weighted by atomic mass is 35.5. The van der Waals surface area contributed by atoms with Crippen LogP contribution in [0.25, 0.3) is 0 Å². The van der Waals surface area contributed by atoms with Crippen LogP contribution >= 0.6 is 11.6 Å². The number of aryl methyl sites for hydroxylation is 1. The number of hydrogen-bond donors (Lipinski definition) is 0. The zero-order chi connectivity index (χ0) is 15.0. The fraction of sp³-hybridized carbons (Fsp3) is 0.500. The van der Waals surface area contributed by atoms with Crippen molar-refractivity contribution in [3.05, 3.63) is 35.6 Å². The summed E-state index contributed by atoms with van der Waals surface area (Å²) in [6, 6.07) is -0.0407. The number of amides is 1. The van der Waals surface area contributed by atoms with Crippen LogP contribution in [0.5, 0.6) is 0 Å². The number of hydrogen-bond acceptors (Lipinski definition) is 3. The van der Waals surface area contributed by atoms with Gasteiger partial charge in [-0.25, -0.2) is 4.98 Å². The Bertz CT molecular complexity index is 645. The van der Waals surface area contributed by atoms with Crippen LogP contribution in [0.3, 0.4) is 0 Å². The molecule has 6 nitrogen and oxygen atoms in total. The molecule has 1 fully saturated rings. The van der Waals surface area contributed by atoms with E-state index in [9.17, 15) is 4.79 Å². The van der Waals surface area contributed by atoms with Gasteiger partial charge < -0.3 is 9.47 Å². The monoisotopic (exact) mass is 307 g/mol. The highest BCUT2D eigenvalue weighted by Crippen LogP contribution is 2.30. The number of halogens is 1. The molecule has 2 aromatic heterocycles. The lowest BCUT2D eigenvalue weighted by molar-refractivity contribution is -0.136. The van der Waals surface area contributed by atoms with Crippen LogP contribution in [0.2, 0.25) is 5.02 Å². The number of imidazole rings is 1. The summed E-state index contributed by atoms with van der Waals surface area (Å²) in [6.45, 7) is 2.38. The molecule has 1 saturated carbocycles. The molecule has 1 amide bonds. The minimum atomic E-state index is -0.363. The quantitative estimate of drug-likeness (QED) is 0.849. The molecule has 1 unspecified atom stereocenters. The Labute approximate surface area is 128 Å². The summed E-state index contributed by atoms with van der Waals surface area (Å²) >= 11 is 5.88. The van der Waals surface area contributed by atoms with E-state index in [1.807, 2.05) is 29.6 Å². The lowest BCUT2D eigenvalue weighted by Crippen LogP contribution is -2.38. The molecule has 0 saturated heterocycles. The van der Waals surface area contributed by atoms with E-state index in [-0.39, 0.29) is 11.9 Å². The van der Waals surface area contributed by atoms with Crippen molar-refractivity contribution in [3.8, 4) is 0 Å². The lowest BCUT2D eigenvalue weighted by atomic mass is 10.2. The van der Waals surface area contributed by atoms with Crippen molar-refractivity contribution in [3.63, 3.8) is 0 Å². The first-order chi connectivity index (χ1) is 10.1. The van der Waals surface area contributed by atoms with Crippen molar-refractivity contribution >= 4 is 17.5 Å². The van der Waals surface area contributed by atoms with Gasteiger partial charge in [0.25, 0.3) is 0 Å². The van der Waals surface area contributed by atoms with Crippen molar-refractivity contribution in [2.45, 2.75) is 38.4 Å². The minimum Gasteiger partial charge on any atom is -0.337 e. The summed E-state index contributed by atoms with van der Waals surface area (Å²) < 4.78 is 3.55. The molecule has 0 bridgehead atoms. The second-order valence-corrected chi connectivity index (χ2v) is 5.90. The van der Waals surface area contributed by atoms with E-state index in [0.29, 0.717) is 17.6 Å². The maximum Gasteiger partial charge on any atom is 0.247 e. The summed E-state index contributed by atoms with van der Waals surface area (Å²) in [6.07, 6.45) is 8.98. The number of carbonyl (C=O) groups excluding carboxylic acids is 1. The normalized spacial score (nSPS) is 16.0. The zero-order valence-corrected chi connectivity index (χ0v) is 12.9. The third kappa shape index (κ3) is 2.95. The molecule has 1 aliphatic carbocycles. The van der Waals surface area contributed by atoms with E-state index in [0.717, 1.165) is 18.7 Å². The molecule has 1 aliphatic rings. The van der Waals surface area contributed by atoms with Crippen molar-refractivity contribution in [1.29, 1.82) is 0 Å². The number of aromatic nitrogens is 4. The van der Waals surface area contributed by atoms with Crippen molar-refractivity contribution in [2.24, 2.45) is 7.05 Å². The molecule has 7 heteroatoms. The van der Waals surface area contributed by atoms with Crippen molar-refractivity contribution < 1.29 is 4.79 Å². The lowest BCUT2D eigenvalue weighted by Gasteiger charge is -2.25. The molecule has 2 heterocycles. The van der Waals surface area contributed by atoms with E-state index >= 15 is 0 Å². The van der Waals surface area contributed by atoms with Crippen LogP contribution in [0.15, 0.2) is 24.8 Å². The highest BCUT2D eigenvalue weighted by Gasteiger charge is 2.35. The molecule has 0 radical (unpaired) electrons. The minimum absolute atomic E-state index is 0.0558. The predicted molar refractivity (Wildman–Crippen MR) is 78.7 cm³/mol. The average Bonchev–Trinajstić information content (AvgIpc) is 3.09. The maximum atomic E-state index is 12.8. The van der Waals surface area contributed by atoms with Crippen molar-refractivity contribution in [2.75, 3.05) is 0 Å². The molecule has 0 N–H and O–H groups in total. The molecular formula is C14H18ClN5O. The van der Waals surface area contributed by atoms with Crippen LogP contribution in [0, 0.1) is 0 Å². The van der Waals surface area contributed by atoms with E-state index in [1.54, 1.807) is 23.3 Å². The van der Waals surface area contributed by atoms with Crippen LogP contribution in [0.4, 0.5) is 0 Å². The third-order valence-corrected chi connectivity index (χ3v) is 4.02. The van der Waals surface area contributed by atoms with Crippen LogP contribution < -0.4 is 0 Å². The van der Waals surface area contributed by atoms with E-state index in [4.69, 9.17) is 11.6 Å². The Balaban J connectivity index is 1.77. The van der Waals surface area contributed by atoms with Crippen LogP contribution in [-0.4, -0.2) is 36.2 Å². The van der Waals surface area contributed by atoms with Crippen molar-refractivity contribution in [1.82, 2.24) is 24.2 Å². The molecular weight excluding hydrogens is 290 g/mol. The van der Waals surface area contributed by atoms with Gasteiger partial charge in [-0.1, -0.05) is 11.6 Å². The Morgan fingerprint density at radius 2 is 2.33 bits per heavy atom. The van der Waals surface area contributed by atoms with Gasteiger partial charge in [0.2, 0.25) is 5.91 Å². The van der Waals surface area contributed by atoms with Gasteiger partial charge in [0, 0.05) is 31.7 Å². The van der Waals surface area contributed by atoms with E-state index < -0.39 is 0 Å². The smallest absolute Gasteiger partial charge is 0.247 e. The van der Waals surface area contributed by atoms with Gasteiger partial charge in [-0.2, -0.15) is 5.10 Å². The third-order valence-electron chi connectivity index (χ3n) is 3.83. The first-order valence-electron chi connectivity index (χ1n) is 7.02. The summed E-state index contributed by atoms with van der Waals surface area (Å²) in [7, 11) is 1.94. The topological polar surface area (TPSA) is 56.0 Å². The maximum absolute atomic E-state index is 12.8. The summed E-state index contributed by atoms with van der Waals surface area (Å²) in [5.41, 5.74) is 0. The van der Waals surface area contributed by atoms with Gasteiger partial charge in [0.15, 0.2) is 0 Å². The first-order valence-corrected chi connectivity index (χ1v) is 7.40. The zero-order valence-electron chi connectivity index (χ0n) is 12.1. The summed E-state index contributed by atoms with van der Waals surface area (Å²) in [4.78, 5) is 19.0. The highest BCUT2D eigenvalue weighted by molar-refractivity contribution is 6.30. The Morgan fingerprint density at radius 1 is 1.57 bits per heavy atom. The van der Waals surface area contributed by atoms with Gasteiger partial charge in [0.05, 0.1) is 17.8 Å². The standard InChI is InChI=1S/C14H18ClN5O/c1-10(20-8-11(15)7-17-20)14(21)19(12-3-4-12)9-13-16-5-6-18(13)2/h5-8,10,12H,3-4,9H2,1-2H3. The number of carbonyl (C=O) groups is 1. The fourth-order valence-electron chi connectivity index (χ4n) is 2.35. The fourth-order valence-corrected chi connectivity index (χ4v) is 2.50. The molecule has 0 aliphatic heterocycles. The molecule has 3 rings (SSSR count). The van der Waals surface area contributed by atoms with Crippen LogP contribution in [0.1, 0.15) is 31.6 Å². The van der Waals surface area contributed by atoms with Crippen LogP contribution in [-0.2, 0) is 18.4 Å². The largest absolute Gasteiger partial charge is 0.337 e. The van der Waals surface area contributed by atoms with Gasteiger partial charge in [-0.15, -0.1) is 0 Å². The average molecular weight is 308 g/mol. The van der Waals surface area contributed by atoms with Gasteiger partial charge >= 0.3 is 0 Å². The molecule has 0 spiro atoms. The molecule has 2 aromatic rings. The number of nitrogens with zero attached hydrogens (tertiary/aromatic N) is 5. The summed E-state index contributed by atoms with van der Waals surface area (Å²) in [5.74, 6) is 0.946. The molecule has 0 aromatic carbocycles. The summed E-state index contributed by atoms with van der Waals surface area (Å²) in [5, 5.41) is 4.67. The SMILES string of the molecule is CC(C(=O)N(Cc1nccn1C)C1CC1)n1cc(Cl)cn1. The molecule has 1 atom stereocenters. The van der Waals surface area contributed by atoms with Gasteiger partial charge in [-0.3, -0.25) is 9.48 Å². The Hall–Kier alpha value is -1.82. The molecule has 21 heavy (non-hydrogen) atoms. The van der Waals surface area contributed by atoms with E-state index in [1.165, 1.54) is 0 Å². The Morgan fingerprint density at radius 3 is 2.86 bits per heavy atom. The second kappa shape index (κ2) is 5.52. The van der Waals surface area contributed by atoms with E-state index in [2.05, 4.69) is 10.1 Å². The molecule has 112 valence electrons. The Kier molecular flexibility index (Phi) is 3.71. The second-order valence-electron chi connectivity index (χ2n) is 5.47.